The molecule has 3 nitrogen and oxygen atoms in total. The molecule has 110 valence electrons. The third-order valence-corrected chi connectivity index (χ3v) is 6.02. The number of allylic oxidation sites excluding steroid dienone is 3. The van der Waals surface area contributed by atoms with Crippen molar-refractivity contribution in [2.75, 3.05) is 0 Å². The van der Waals surface area contributed by atoms with Crippen molar-refractivity contribution < 1.29 is 8.42 Å². The lowest BCUT2D eigenvalue weighted by atomic mass is 9.94. The van der Waals surface area contributed by atoms with Crippen molar-refractivity contribution in [2.24, 2.45) is 5.92 Å². The molecule has 0 spiro atoms. The molecule has 4 heteroatoms. The van der Waals surface area contributed by atoms with Gasteiger partial charge in [0.1, 0.15) is 5.25 Å². The van der Waals surface area contributed by atoms with Crippen LogP contribution in [-0.2, 0) is 10.0 Å². The molecule has 1 saturated heterocycles. The van der Waals surface area contributed by atoms with Crippen LogP contribution in [0.5, 0.6) is 0 Å². The van der Waals surface area contributed by atoms with Gasteiger partial charge >= 0.3 is 0 Å². The second kappa shape index (κ2) is 5.31. The van der Waals surface area contributed by atoms with Gasteiger partial charge in [-0.3, -0.25) is 4.31 Å². The molecule has 0 amide bonds. The van der Waals surface area contributed by atoms with Gasteiger partial charge in [0.2, 0.25) is 10.0 Å². The summed E-state index contributed by atoms with van der Waals surface area (Å²) in [4.78, 5) is 0. The van der Waals surface area contributed by atoms with Gasteiger partial charge in [-0.25, -0.2) is 8.42 Å². The number of hydrogen-bond donors (Lipinski definition) is 0. The predicted molar refractivity (Wildman–Crippen MR) is 81.3 cm³/mol. The lowest BCUT2D eigenvalue weighted by molar-refractivity contribution is 0.431. The molecular formula is C15H27NO2S. The molecule has 0 bridgehead atoms. The number of hydrogen-bond acceptors (Lipinski definition) is 2. The zero-order chi connectivity index (χ0) is 15.1. The Kier molecular flexibility index (Phi) is 4.55. The molecule has 0 aromatic rings. The van der Waals surface area contributed by atoms with Crippen molar-refractivity contribution in [3.8, 4) is 0 Å². The summed E-state index contributed by atoms with van der Waals surface area (Å²) in [5.41, 5.74) is 4.08. The Morgan fingerprint density at radius 3 is 1.74 bits per heavy atom. The van der Waals surface area contributed by atoms with Gasteiger partial charge < -0.3 is 0 Å². The topological polar surface area (TPSA) is 37.4 Å². The molecule has 0 N–H and O–H groups in total. The normalized spacial score (nSPS) is 22.6. The molecule has 0 radical (unpaired) electrons. The predicted octanol–water partition coefficient (Wildman–Crippen LogP) is 3.70. The van der Waals surface area contributed by atoms with Crippen LogP contribution in [0.1, 0.15) is 55.4 Å². The second-order valence-electron chi connectivity index (χ2n) is 6.36. The first-order chi connectivity index (χ1) is 8.53. The first-order valence-corrected chi connectivity index (χ1v) is 8.42. The van der Waals surface area contributed by atoms with Crippen LogP contribution in [0.25, 0.3) is 0 Å². The van der Waals surface area contributed by atoms with Gasteiger partial charge in [-0.2, -0.15) is 0 Å². The summed E-state index contributed by atoms with van der Waals surface area (Å²) in [7, 11) is -3.30. The monoisotopic (exact) mass is 285 g/mol. The van der Waals surface area contributed by atoms with Crippen LogP contribution in [0, 0.1) is 5.92 Å². The van der Waals surface area contributed by atoms with Crippen molar-refractivity contribution in [3.05, 3.63) is 22.4 Å². The second-order valence-corrected chi connectivity index (χ2v) is 8.29. The summed E-state index contributed by atoms with van der Waals surface area (Å²) in [5, 5.41) is -0.412. The Morgan fingerprint density at radius 2 is 1.47 bits per heavy atom. The minimum absolute atomic E-state index is 0.0481. The summed E-state index contributed by atoms with van der Waals surface area (Å²) in [6.07, 6.45) is 0. The standard InChI is InChI=1S/C15H27NO2S/c1-9(2)13-14(10(3)4)16(12(7)8)19(17,18)15(13)11(5)6/h11-12,15H,1-8H3. The molecule has 1 aliphatic rings. The van der Waals surface area contributed by atoms with Gasteiger partial charge in [0.05, 0.1) is 5.70 Å². The highest BCUT2D eigenvalue weighted by atomic mass is 32.2. The van der Waals surface area contributed by atoms with E-state index < -0.39 is 15.3 Å². The molecule has 0 aliphatic carbocycles. The largest absolute Gasteiger partial charge is 0.267 e. The first-order valence-electron chi connectivity index (χ1n) is 6.91. The Labute approximate surface area is 118 Å². The molecule has 0 saturated carbocycles. The molecule has 1 heterocycles. The summed E-state index contributed by atoms with van der Waals surface area (Å²) < 4.78 is 27.3. The van der Waals surface area contributed by atoms with E-state index in [-0.39, 0.29) is 12.0 Å². The van der Waals surface area contributed by atoms with E-state index in [4.69, 9.17) is 0 Å². The van der Waals surface area contributed by atoms with Crippen LogP contribution >= 0.6 is 0 Å². The number of rotatable bonds is 2. The van der Waals surface area contributed by atoms with Crippen molar-refractivity contribution in [1.29, 1.82) is 0 Å². The SMILES string of the molecule is CC(C)=C1C(=C(C)C)N(C(C)C)S(=O)(=O)C1C(C)C. The fourth-order valence-electron chi connectivity index (χ4n) is 2.89. The Hall–Kier alpha value is -0.770. The van der Waals surface area contributed by atoms with Gasteiger partial charge in [0, 0.05) is 6.04 Å². The third-order valence-electron chi connectivity index (χ3n) is 3.44. The minimum atomic E-state index is -3.30. The maximum Gasteiger partial charge on any atom is 0.242 e. The Balaban J connectivity index is 3.73. The summed E-state index contributed by atoms with van der Waals surface area (Å²) in [6.45, 7) is 15.8. The van der Waals surface area contributed by atoms with Crippen LogP contribution in [0.15, 0.2) is 22.4 Å². The van der Waals surface area contributed by atoms with Crippen LogP contribution in [-0.4, -0.2) is 24.0 Å². The van der Waals surface area contributed by atoms with E-state index in [0.717, 1.165) is 22.4 Å². The average Bonchev–Trinajstić information content (AvgIpc) is 2.45. The van der Waals surface area contributed by atoms with E-state index in [1.165, 1.54) is 0 Å². The fraction of sp³-hybridized carbons (Fsp3) is 0.733. The lowest BCUT2D eigenvalue weighted by Gasteiger charge is -2.25. The lowest BCUT2D eigenvalue weighted by Crippen LogP contribution is -2.36. The average molecular weight is 285 g/mol. The molecule has 1 aliphatic heterocycles. The van der Waals surface area contributed by atoms with E-state index in [9.17, 15) is 8.42 Å². The summed E-state index contributed by atoms with van der Waals surface area (Å²) >= 11 is 0. The Bertz CT molecular complexity index is 474. The van der Waals surface area contributed by atoms with E-state index in [0.29, 0.717) is 0 Å². The van der Waals surface area contributed by atoms with Crippen LogP contribution in [0.3, 0.4) is 0 Å². The first kappa shape index (κ1) is 16.3. The van der Waals surface area contributed by atoms with Gasteiger partial charge in [-0.1, -0.05) is 25.0 Å². The third kappa shape index (κ3) is 2.60. The highest BCUT2D eigenvalue weighted by molar-refractivity contribution is 7.90. The highest BCUT2D eigenvalue weighted by Crippen LogP contribution is 2.43. The Morgan fingerprint density at radius 1 is 1.00 bits per heavy atom. The van der Waals surface area contributed by atoms with Gasteiger partial charge in [-0.05, 0) is 53.0 Å². The molecular weight excluding hydrogens is 258 g/mol. The number of nitrogens with zero attached hydrogens (tertiary/aromatic N) is 1. The zero-order valence-electron chi connectivity index (χ0n) is 13.4. The maximum absolute atomic E-state index is 12.9. The maximum atomic E-state index is 12.9. The molecule has 1 rings (SSSR count). The molecule has 0 aromatic heterocycles. The molecule has 1 unspecified atom stereocenters. The highest BCUT2D eigenvalue weighted by Gasteiger charge is 2.48. The van der Waals surface area contributed by atoms with E-state index >= 15 is 0 Å². The van der Waals surface area contributed by atoms with Gasteiger partial charge in [0.15, 0.2) is 0 Å². The van der Waals surface area contributed by atoms with Gasteiger partial charge in [-0.15, -0.1) is 0 Å². The van der Waals surface area contributed by atoms with Crippen LogP contribution in [0.2, 0.25) is 0 Å². The zero-order valence-corrected chi connectivity index (χ0v) is 14.2. The number of sulfonamides is 1. The van der Waals surface area contributed by atoms with E-state index in [1.54, 1.807) is 4.31 Å². The molecule has 1 fully saturated rings. The van der Waals surface area contributed by atoms with E-state index in [1.807, 2.05) is 55.4 Å². The van der Waals surface area contributed by atoms with Crippen LogP contribution < -0.4 is 0 Å². The van der Waals surface area contributed by atoms with Gasteiger partial charge in [0.25, 0.3) is 0 Å². The summed E-state index contributed by atoms with van der Waals surface area (Å²) in [6, 6.07) is -0.0481. The summed E-state index contributed by atoms with van der Waals surface area (Å²) in [5.74, 6) is 0.0769. The molecule has 19 heavy (non-hydrogen) atoms. The fourth-order valence-corrected chi connectivity index (χ4v) is 5.59. The van der Waals surface area contributed by atoms with Crippen LogP contribution in [0.4, 0.5) is 0 Å². The van der Waals surface area contributed by atoms with Crippen molar-refractivity contribution >= 4 is 10.0 Å². The minimum Gasteiger partial charge on any atom is -0.267 e. The van der Waals surface area contributed by atoms with Crippen molar-refractivity contribution in [1.82, 2.24) is 4.31 Å². The van der Waals surface area contributed by atoms with Crippen molar-refractivity contribution in [2.45, 2.75) is 66.7 Å². The smallest absolute Gasteiger partial charge is 0.242 e. The van der Waals surface area contributed by atoms with E-state index in [2.05, 4.69) is 0 Å². The van der Waals surface area contributed by atoms with Crippen molar-refractivity contribution in [3.63, 3.8) is 0 Å². The quantitative estimate of drug-likeness (QED) is 0.776. The molecule has 1 atom stereocenters. The molecule has 0 aromatic carbocycles.